The summed E-state index contributed by atoms with van der Waals surface area (Å²) in [6.45, 7) is 7.94. The first-order valence-electron chi connectivity index (χ1n) is 8.10. The van der Waals surface area contributed by atoms with Crippen LogP contribution >= 0.6 is 11.8 Å². The van der Waals surface area contributed by atoms with Gasteiger partial charge in [0.15, 0.2) is 5.78 Å². The van der Waals surface area contributed by atoms with Gasteiger partial charge in [0.25, 0.3) is 0 Å². The molecule has 0 amide bonds. The highest BCUT2D eigenvalue weighted by Crippen LogP contribution is 2.29. The second kappa shape index (κ2) is 8.25. The van der Waals surface area contributed by atoms with Gasteiger partial charge in [-0.1, -0.05) is 0 Å². The fourth-order valence-electron chi connectivity index (χ4n) is 2.65. The van der Waals surface area contributed by atoms with Crippen molar-refractivity contribution >= 4 is 23.5 Å². The van der Waals surface area contributed by atoms with Gasteiger partial charge in [0.05, 0.1) is 30.2 Å². The van der Waals surface area contributed by atoms with Gasteiger partial charge < -0.3 is 14.5 Å². The van der Waals surface area contributed by atoms with Gasteiger partial charge in [-0.2, -0.15) is 0 Å². The Hall–Kier alpha value is -2.21. The summed E-state index contributed by atoms with van der Waals surface area (Å²) >= 11 is 1.47. The number of hydrogen-bond acceptors (Lipinski definition) is 5. The minimum Gasteiger partial charge on any atom is -0.494 e. The maximum Gasteiger partial charge on any atom is 0.339 e. The number of rotatable bonds is 7. The van der Waals surface area contributed by atoms with E-state index in [1.165, 1.54) is 18.9 Å². The zero-order chi connectivity index (χ0) is 18.6. The van der Waals surface area contributed by atoms with Crippen LogP contribution in [-0.2, 0) is 4.74 Å². The van der Waals surface area contributed by atoms with E-state index in [0.717, 1.165) is 10.6 Å². The predicted octanol–water partition coefficient (Wildman–Crippen LogP) is 4.18. The fourth-order valence-corrected chi connectivity index (χ4v) is 3.57. The molecule has 134 valence electrons. The number of methoxy groups -OCH3 is 1. The SMILES string of the molecule is CCOc1ccc(SC(C)C(=O)c2[nH]c(C)c(C(=O)OC)c2C)cc1. The van der Waals surface area contributed by atoms with Crippen LogP contribution in [0.25, 0.3) is 0 Å². The molecule has 0 aliphatic heterocycles. The first-order chi connectivity index (χ1) is 11.9. The average Bonchev–Trinajstić information content (AvgIpc) is 2.90. The van der Waals surface area contributed by atoms with Crippen molar-refractivity contribution in [3.63, 3.8) is 0 Å². The molecule has 0 saturated heterocycles. The summed E-state index contributed by atoms with van der Waals surface area (Å²) in [6, 6.07) is 7.66. The lowest BCUT2D eigenvalue weighted by Crippen LogP contribution is -2.15. The van der Waals surface area contributed by atoms with Crippen LogP contribution in [0.5, 0.6) is 5.75 Å². The number of ketones is 1. The number of thioether (sulfide) groups is 1. The lowest BCUT2D eigenvalue weighted by Gasteiger charge is -2.11. The average molecular weight is 361 g/mol. The smallest absolute Gasteiger partial charge is 0.339 e. The van der Waals surface area contributed by atoms with Gasteiger partial charge in [0.1, 0.15) is 5.75 Å². The number of carbonyl (C=O) groups is 2. The van der Waals surface area contributed by atoms with Gasteiger partial charge >= 0.3 is 5.97 Å². The third kappa shape index (κ3) is 4.25. The molecule has 2 aromatic rings. The maximum absolute atomic E-state index is 12.8. The topological polar surface area (TPSA) is 68.4 Å². The first-order valence-corrected chi connectivity index (χ1v) is 8.98. The Kier molecular flexibility index (Phi) is 6.31. The molecule has 2 rings (SSSR count). The van der Waals surface area contributed by atoms with E-state index >= 15 is 0 Å². The third-order valence-corrected chi connectivity index (χ3v) is 5.00. The number of benzene rings is 1. The monoisotopic (exact) mass is 361 g/mol. The molecule has 1 aromatic heterocycles. The molecule has 5 nitrogen and oxygen atoms in total. The molecule has 1 atom stereocenters. The minimum atomic E-state index is -0.433. The minimum absolute atomic E-state index is 0.0466. The number of ether oxygens (including phenoxy) is 2. The van der Waals surface area contributed by atoms with Crippen molar-refractivity contribution in [2.45, 2.75) is 37.8 Å². The number of carbonyl (C=O) groups excluding carboxylic acids is 2. The highest BCUT2D eigenvalue weighted by molar-refractivity contribution is 8.00. The van der Waals surface area contributed by atoms with E-state index in [9.17, 15) is 9.59 Å². The molecular weight excluding hydrogens is 338 g/mol. The molecule has 0 spiro atoms. The molecule has 25 heavy (non-hydrogen) atoms. The molecule has 0 aliphatic carbocycles. The summed E-state index contributed by atoms with van der Waals surface area (Å²) in [4.78, 5) is 28.7. The molecule has 0 bridgehead atoms. The Morgan fingerprint density at radius 2 is 1.84 bits per heavy atom. The second-order valence-electron chi connectivity index (χ2n) is 5.65. The zero-order valence-corrected chi connectivity index (χ0v) is 16.0. The number of hydrogen-bond donors (Lipinski definition) is 1. The highest BCUT2D eigenvalue weighted by Gasteiger charge is 2.25. The summed E-state index contributed by atoms with van der Waals surface area (Å²) < 4.78 is 10.2. The Balaban J connectivity index is 2.16. The number of aryl methyl sites for hydroxylation is 1. The fraction of sp³-hybridized carbons (Fsp3) is 0.368. The second-order valence-corrected chi connectivity index (χ2v) is 7.06. The van der Waals surface area contributed by atoms with Crippen LogP contribution in [0.1, 0.15) is 46.0 Å². The summed E-state index contributed by atoms with van der Waals surface area (Å²) in [7, 11) is 1.33. The van der Waals surface area contributed by atoms with E-state index in [-0.39, 0.29) is 11.0 Å². The number of H-pyrrole nitrogens is 1. The van der Waals surface area contributed by atoms with Crippen molar-refractivity contribution < 1.29 is 19.1 Å². The van der Waals surface area contributed by atoms with Crippen molar-refractivity contribution in [2.24, 2.45) is 0 Å². The van der Waals surface area contributed by atoms with Gasteiger partial charge in [0.2, 0.25) is 0 Å². The van der Waals surface area contributed by atoms with E-state index in [0.29, 0.717) is 29.1 Å². The van der Waals surface area contributed by atoms with Gasteiger partial charge in [-0.3, -0.25) is 4.79 Å². The van der Waals surface area contributed by atoms with Crippen LogP contribution in [0.3, 0.4) is 0 Å². The van der Waals surface area contributed by atoms with Crippen molar-refractivity contribution in [2.75, 3.05) is 13.7 Å². The largest absolute Gasteiger partial charge is 0.494 e. The molecule has 0 aliphatic rings. The molecular formula is C19H23NO4S. The van der Waals surface area contributed by atoms with E-state index in [2.05, 4.69) is 4.98 Å². The van der Waals surface area contributed by atoms with Crippen LogP contribution in [0.15, 0.2) is 29.2 Å². The molecule has 1 unspecified atom stereocenters. The van der Waals surface area contributed by atoms with Crippen LogP contribution in [0.4, 0.5) is 0 Å². The molecule has 0 saturated carbocycles. The number of esters is 1. The number of Topliss-reactive ketones (excluding diaryl/α,β-unsaturated/α-hetero) is 1. The van der Waals surface area contributed by atoms with Gasteiger partial charge in [-0.15, -0.1) is 11.8 Å². The summed E-state index contributed by atoms with van der Waals surface area (Å²) in [5, 5.41) is -0.291. The summed E-state index contributed by atoms with van der Waals surface area (Å²) in [6.07, 6.45) is 0. The number of aromatic nitrogens is 1. The van der Waals surface area contributed by atoms with Crippen LogP contribution in [0, 0.1) is 13.8 Å². The standard InChI is InChI=1S/C19H23NO4S/c1-6-24-14-7-9-15(10-8-14)25-13(4)18(21)17-11(2)16(12(3)20-17)19(22)23-5/h7-10,13,20H,6H2,1-5H3. The molecule has 6 heteroatoms. The summed E-state index contributed by atoms with van der Waals surface area (Å²) in [5.74, 6) is 0.330. The van der Waals surface area contributed by atoms with Crippen molar-refractivity contribution in [3.8, 4) is 5.75 Å². The molecule has 1 aromatic carbocycles. The molecule has 1 heterocycles. The quantitative estimate of drug-likeness (QED) is 0.455. The Bertz CT molecular complexity index is 764. The van der Waals surface area contributed by atoms with Gasteiger partial charge in [-0.05, 0) is 57.5 Å². The van der Waals surface area contributed by atoms with Gasteiger partial charge in [-0.25, -0.2) is 4.79 Å². The Morgan fingerprint density at radius 1 is 1.20 bits per heavy atom. The molecule has 0 radical (unpaired) electrons. The highest BCUT2D eigenvalue weighted by atomic mass is 32.2. The van der Waals surface area contributed by atoms with Crippen molar-refractivity contribution in [3.05, 3.63) is 46.8 Å². The lowest BCUT2D eigenvalue weighted by atomic mass is 10.1. The van der Waals surface area contributed by atoms with E-state index in [1.54, 1.807) is 13.8 Å². The maximum atomic E-state index is 12.8. The zero-order valence-electron chi connectivity index (χ0n) is 15.1. The molecule has 1 N–H and O–H groups in total. The summed E-state index contributed by atoms with van der Waals surface area (Å²) in [5.41, 5.74) is 2.17. The normalized spacial score (nSPS) is 11.9. The van der Waals surface area contributed by atoms with E-state index < -0.39 is 5.97 Å². The van der Waals surface area contributed by atoms with Crippen molar-refractivity contribution in [1.29, 1.82) is 0 Å². The Morgan fingerprint density at radius 3 is 2.40 bits per heavy atom. The van der Waals surface area contributed by atoms with Crippen LogP contribution in [0.2, 0.25) is 0 Å². The van der Waals surface area contributed by atoms with E-state index in [1.807, 2.05) is 38.1 Å². The van der Waals surface area contributed by atoms with Crippen LogP contribution < -0.4 is 4.74 Å². The number of aromatic amines is 1. The molecule has 0 fully saturated rings. The number of nitrogens with one attached hydrogen (secondary N) is 1. The predicted molar refractivity (Wildman–Crippen MR) is 98.9 cm³/mol. The lowest BCUT2D eigenvalue weighted by molar-refractivity contribution is 0.0599. The van der Waals surface area contributed by atoms with E-state index in [4.69, 9.17) is 9.47 Å². The van der Waals surface area contributed by atoms with Crippen LogP contribution in [-0.4, -0.2) is 35.7 Å². The van der Waals surface area contributed by atoms with Gasteiger partial charge in [0, 0.05) is 10.6 Å². The first kappa shape index (κ1) is 19.1. The van der Waals surface area contributed by atoms with Crippen molar-refractivity contribution in [1.82, 2.24) is 4.98 Å². The Labute approximate surface area is 152 Å². The third-order valence-electron chi connectivity index (χ3n) is 3.89.